The Morgan fingerprint density at radius 3 is 2.55 bits per heavy atom. The maximum absolute atomic E-state index is 5.87. The van der Waals surface area contributed by atoms with E-state index in [4.69, 9.17) is 17.4 Å². The van der Waals surface area contributed by atoms with Gasteiger partial charge in [-0.3, -0.25) is 0 Å². The van der Waals surface area contributed by atoms with Gasteiger partial charge in [-0.05, 0) is 30.2 Å². The molecule has 2 rings (SSSR count). The number of rotatable bonds is 5. The molecule has 20 heavy (non-hydrogen) atoms. The standard InChI is InChI=1S/C14H17ClN4S/c1-9(2)12-7-13(19-16)18-14(17-12)8-20-11-5-3-10(15)4-6-11/h3-7,9H,8,16H2,1-2H3,(H,17,18,19). The van der Waals surface area contributed by atoms with E-state index < -0.39 is 0 Å². The number of thioether (sulfide) groups is 1. The number of aromatic nitrogens is 2. The molecular formula is C14H17ClN4S. The summed E-state index contributed by atoms with van der Waals surface area (Å²) < 4.78 is 0. The second-order valence-electron chi connectivity index (χ2n) is 4.64. The van der Waals surface area contributed by atoms with Gasteiger partial charge < -0.3 is 5.43 Å². The lowest BCUT2D eigenvalue weighted by molar-refractivity contribution is 0.800. The first kappa shape index (κ1) is 15.1. The summed E-state index contributed by atoms with van der Waals surface area (Å²) >= 11 is 7.54. The van der Waals surface area contributed by atoms with Crippen LogP contribution in [0.25, 0.3) is 0 Å². The summed E-state index contributed by atoms with van der Waals surface area (Å²) in [5, 5.41) is 0.738. The minimum atomic E-state index is 0.337. The van der Waals surface area contributed by atoms with Gasteiger partial charge in [0.2, 0.25) is 0 Å². The highest BCUT2D eigenvalue weighted by Gasteiger charge is 2.08. The first-order chi connectivity index (χ1) is 9.58. The molecule has 0 spiro atoms. The monoisotopic (exact) mass is 308 g/mol. The highest BCUT2D eigenvalue weighted by molar-refractivity contribution is 7.98. The molecule has 0 aliphatic rings. The van der Waals surface area contributed by atoms with Crippen LogP contribution in [0.15, 0.2) is 35.2 Å². The van der Waals surface area contributed by atoms with Crippen molar-refractivity contribution < 1.29 is 0 Å². The largest absolute Gasteiger partial charge is 0.308 e. The van der Waals surface area contributed by atoms with Gasteiger partial charge in [0.15, 0.2) is 0 Å². The molecule has 0 radical (unpaired) electrons. The van der Waals surface area contributed by atoms with Gasteiger partial charge in [0, 0.05) is 21.7 Å². The predicted octanol–water partition coefficient (Wildman–Crippen LogP) is 3.83. The van der Waals surface area contributed by atoms with Crippen molar-refractivity contribution in [3.8, 4) is 0 Å². The molecule has 0 aliphatic carbocycles. The third-order valence-corrected chi connectivity index (χ3v) is 3.97. The Morgan fingerprint density at radius 1 is 1.25 bits per heavy atom. The number of nitrogen functional groups attached to an aromatic ring is 1. The van der Waals surface area contributed by atoms with Crippen LogP contribution in [-0.4, -0.2) is 9.97 Å². The second-order valence-corrected chi connectivity index (χ2v) is 6.12. The second kappa shape index (κ2) is 6.92. The maximum atomic E-state index is 5.87. The van der Waals surface area contributed by atoms with Crippen LogP contribution < -0.4 is 11.3 Å². The third kappa shape index (κ3) is 4.10. The van der Waals surface area contributed by atoms with Crippen molar-refractivity contribution in [3.05, 3.63) is 46.9 Å². The van der Waals surface area contributed by atoms with Gasteiger partial charge in [-0.2, -0.15) is 0 Å². The van der Waals surface area contributed by atoms with Crippen LogP contribution in [0.1, 0.15) is 31.3 Å². The highest BCUT2D eigenvalue weighted by Crippen LogP contribution is 2.24. The van der Waals surface area contributed by atoms with Gasteiger partial charge in [-0.15, -0.1) is 11.8 Å². The molecule has 1 aromatic heterocycles. The van der Waals surface area contributed by atoms with Gasteiger partial charge >= 0.3 is 0 Å². The summed E-state index contributed by atoms with van der Waals surface area (Å²) in [6, 6.07) is 9.61. The highest BCUT2D eigenvalue weighted by atomic mass is 35.5. The third-order valence-electron chi connectivity index (χ3n) is 2.71. The van der Waals surface area contributed by atoms with Gasteiger partial charge in [0.1, 0.15) is 11.6 Å². The normalized spacial score (nSPS) is 10.8. The minimum Gasteiger partial charge on any atom is -0.308 e. The lowest BCUT2D eigenvalue weighted by Gasteiger charge is -2.09. The molecule has 0 atom stereocenters. The van der Waals surface area contributed by atoms with Crippen LogP contribution >= 0.6 is 23.4 Å². The van der Waals surface area contributed by atoms with Crippen LogP contribution in [0.3, 0.4) is 0 Å². The topological polar surface area (TPSA) is 63.8 Å². The van der Waals surface area contributed by atoms with E-state index in [2.05, 4.69) is 29.2 Å². The fourth-order valence-electron chi connectivity index (χ4n) is 1.63. The molecule has 0 saturated carbocycles. The molecule has 6 heteroatoms. The molecule has 0 saturated heterocycles. The number of nitrogens with one attached hydrogen (secondary N) is 1. The fourth-order valence-corrected chi connectivity index (χ4v) is 2.51. The number of hydrogen-bond acceptors (Lipinski definition) is 5. The van der Waals surface area contributed by atoms with E-state index >= 15 is 0 Å². The number of benzene rings is 1. The Morgan fingerprint density at radius 2 is 1.95 bits per heavy atom. The lowest BCUT2D eigenvalue weighted by atomic mass is 10.1. The Kier molecular flexibility index (Phi) is 5.23. The van der Waals surface area contributed by atoms with Gasteiger partial charge in [0.05, 0.1) is 5.75 Å². The van der Waals surface area contributed by atoms with Gasteiger partial charge in [0.25, 0.3) is 0 Å². The van der Waals surface area contributed by atoms with E-state index in [0.717, 1.165) is 21.4 Å². The quantitative estimate of drug-likeness (QED) is 0.499. The number of hydrogen-bond donors (Lipinski definition) is 2. The number of nitrogens with zero attached hydrogens (tertiary/aromatic N) is 2. The molecule has 3 N–H and O–H groups in total. The van der Waals surface area contributed by atoms with Crippen LogP contribution in [0.4, 0.5) is 5.82 Å². The molecule has 1 heterocycles. The summed E-state index contributed by atoms with van der Waals surface area (Å²) in [6.07, 6.45) is 0. The molecule has 4 nitrogen and oxygen atoms in total. The number of hydrazine groups is 1. The first-order valence-corrected chi connectivity index (χ1v) is 7.67. The zero-order chi connectivity index (χ0) is 14.5. The van der Waals surface area contributed by atoms with E-state index in [1.807, 2.05) is 30.3 Å². The Bertz CT molecular complexity index is 572. The maximum Gasteiger partial charge on any atom is 0.143 e. The van der Waals surface area contributed by atoms with Gasteiger partial charge in [-0.25, -0.2) is 15.8 Å². The smallest absolute Gasteiger partial charge is 0.143 e. The van der Waals surface area contributed by atoms with Crippen LogP contribution in [0.5, 0.6) is 0 Å². The van der Waals surface area contributed by atoms with Crippen molar-refractivity contribution in [2.75, 3.05) is 5.43 Å². The summed E-state index contributed by atoms with van der Waals surface area (Å²) in [5.41, 5.74) is 3.58. The number of halogens is 1. The molecule has 0 unspecified atom stereocenters. The molecule has 0 aliphatic heterocycles. The molecule has 0 fully saturated rings. The predicted molar refractivity (Wildman–Crippen MR) is 84.9 cm³/mol. The number of nitrogens with two attached hydrogens (primary N) is 1. The van der Waals surface area contributed by atoms with E-state index in [1.165, 1.54) is 0 Å². The van der Waals surface area contributed by atoms with Crippen molar-refractivity contribution in [1.29, 1.82) is 0 Å². The molecule has 0 amide bonds. The van der Waals surface area contributed by atoms with Crippen LogP contribution in [-0.2, 0) is 5.75 Å². The van der Waals surface area contributed by atoms with Crippen LogP contribution in [0.2, 0.25) is 5.02 Å². The molecule has 106 valence electrons. The molecular weight excluding hydrogens is 292 g/mol. The van der Waals surface area contributed by atoms with Crippen molar-refractivity contribution in [1.82, 2.24) is 9.97 Å². The lowest BCUT2D eigenvalue weighted by Crippen LogP contribution is -2.11. The fraction of sp³-hybridized carbons (Fsp3) is 0.286. The molecule has 2 aromatic rings. The Hall–Kier alpha value is -1.30. The summed E-state index contributed by atoms with van der Waals surface area (Å²) in [5.74, 6) is 7.89. The zero-order valence-electron chi connectivity index (χ0n) is 11.4. The van der Waals surface area contributed by atoms with Gasteiger partial charge in [-0.1, -0.05) is 25.4 Å². The average Bonchev–Trinajstić information content (AvgIpc) is 2.46. The van der Waals surface area contributed by atoms with E-state index in [0.29, 0.717) is 17.5 Å². The van der Waals surface area contributed by atoms with E-state index in [1.54, 1.807) is 11.8 Å². The zero-order valence-corrected chi connectivity index (χ0v) is 13.0. The average molecular weight is 309 g/mol. The first-order valence-electron chi connectivity index (χ1n) is 6.31. The van der Waals surface area contributed by atoms with Crippen LogP contribution in [0, 0.1) is 0 Å². The van der Waals surface area contributed by atoms with Crippen molar-refractivity contribution in [2.45, 2.75) is 30.4 Å². The Balaban J connectivity index is 2.12. The Labute approximate surface area is 128 Å². The number of anilines is 1. The molecule has 0 bridgehead atoms. The van der Waals surface area contributed by atoms with E-state index in [9.17, 15) is 0 Å². The SMILES string of the molecule is CC(C)c1cc(NN)nc(CSc2ccc(Cl)cc2)n1. The van der Waals surface area contributed by atoms with E-state index in [-0.39, 0.29) is 0 Å². The van der Waals surface area contributed by atoms with Crippen molar-refractivity contribution in [2.24, 2.45) is 5.84 Å². The summed E-state index contributed by atoms with van der Waals surface area (Å²) in [4.78, 5) is 10.1. The molecule has 1 aromatic carbocycles. The minimum absolute atomic E-state index is 0.337. The summed E-state index contributed by atoms with van der Waals surface area (Å²) in [6.45, 7) is 4.19. The summed E-state index contributed by atoms with van der Waals surface area (Å²) in [7, 11) is 0. The van der Waals surface area contributed by atoms with Crippen molar-refractivity contribution >= 4 is 29.2 Å². The van der Waals surface area contributed by atoms with Crippen molar-refractivity contribution in [3.63, 3.8) is 0 Å².